The molecule has 4 heteroatoms. The molecule has 0 amide bonds. The molecular weight excluding hydrogens is 178 g/mol. The minimum Gasteiger partial charge on any atom is -0.382 e. The number of nitrogens with zero attached hydrogens (tertiary/aromatic N) is 3. The quantitative estimate of drug-likeness (QED) is 0.763. The van der Waals surface area contributed by atoms with Crippen molar-refractivity contribution in [1.82, 2.24) is 14.8 Å². The van der Waals surface area contributed by atoms with E-state index < -0.39 is 6.10 Å². The second-order valence-electron chi connectivity index (χ2n) is 3.06. The molecule has 1 N–H and O–H groups in total. The van der Waals surface area contributed by atoms with E-state index in [0.717, 1.165) is 11.3 Å². The summed E-state index contributed by atoms with van der Waals surface area (Å²) in [6, 6.07) is 5.38. The topological polar surface area (TPSA) is 50.9 Å². The normalized spacial score (nSPS) is 12.7. The molecule has 0 radical (unpaired) electrons. The molecule has 2 heterocycles. The molecule has 14 heavy (non-hydrogen) atoms. The molecule has 1 atom stereocenters. The van der Waals surface area contributed by atoms with Crippen LogP contribution in [-0.4, -0.2) is 19.9 Å². The predicted molar refractivity (Wildman–Crippen MR) is 51.5 cm³/mol. The second-order valence-corrected chi connectivity index (χ2v) is 3.06. The van der Waals surface area contributed by atoms with Gasteiger partial charge in [0.15, 0.2) is 0 Å². The minimum atomic E-state index is -0.634. The van der Waals surface area contributed by atoms with Crippen LogP contribution in [0.1, 0.15) is 17.4 Å². The van der Waals surface area contributed by atoms with Crippen LogP contribution >= 0.6 is 0 Å². The van der Waals surface area contributed by atoms with Crippen LogP contribution < -0.4 is 0 Å². The largest absolute Gasteiger partial charge is 0.382 e. The van der Waals surface area contributed by atoms with E-state index >= 15 is 0 Å². The number of rotatable bonds is 2. The SMILES string of the molecule is Cn1nccc1C(O)c1ccncc1. The monoisotopic (exact) mass is 189 g/mol. The zero-order valence-electron chi connectivity index (χ0n) is 7.83. The average Bonchev–Trinajstić information content (AvgIpc) is 2.65. The van der Waals surface area contributed by atoms with Crippen molar-refractivity contribution < 1.29 is 5.11 Å². The summed E-state index contributed by atoms with van der Waals surface area (Å²) in [6.07, 6.45) is 4.36. The van der Waals surface area contributed by atoms with Crippen LogP contribution in [0, 0.1) is 0 Å². The van der Waals surface area contributed by atoms with E-state index in [1.807, 2.05) is 0 Å². The summed E-state index contributed by atoms with van der Waals surface area (Å²) < 4.78 is 1.66. The lowest BCUT2D eigenvalue weighted by Crippen LogP contribution is -2.06. The van der Waals surface area contributed by atoms with Gasteiger partial charge in [-0.3, -0.25) is 9.67 Å². The smallest absolute Gasteiger partial charge is 0.121 e. The summed E-state index contributed by atoms with van der Waals surface area (Å²) in [5, 5.41) is 14.0. The summed E-state index contributed by atoms with van der Waals surface area (Å²) in [6.45, 7) is 0. The Kier molecular flexibility index (Phi) is 2.28. The number of aryl methyl sites for hydroxylation is 1. The van der Waals surface area contributed by atoms with Gasteiger partial charge in [0.25, 0.3) is 0 Å². The molecule has 0 aliphatic rings. The first-order valence-corrected chi connectivity index (χ1v) is 4.35. The summed E-state index contributed by atoms with van der Waals surface area (Å²) in [5.74, 6) is 0. The standard InChI is InChI=1S/C10H11N3O/c1-13-9(4-7-12-13)10(14)8-2-5-11-6-3-8/h2-7,10,14H,1H3. The molecule has 0 spiro atoms. The van der Waals surface area contributed by atoms with Crippen molar-refractivity contribution in [2.24, 2.45) is 7.05 Å². The first kappa shape index (κ1) is 8.90. The summed E-state index contributed by atoms with van der Waals surface area (Å²) in [4.78, 5) is 3.90. The van der Waals surface area contributed by atoms with Crippen molar-refractivity contribution in [1.29, 1.82) is 0 Å². The molecule has 0 bridgehead atoms. The summed E-state index contributed by atoms with van der Waals surface area (Å²) >= 11 is 0. The first-order valence-electron chi connectivity index (χ1n) is 4.35. The van der Waals surface area contributed by atoms with Crippen molar-refractivity contribution in [3.63, 3.8) is 0 Å². The van der Waals surface area contributed by atoms with Crippen LogP contribution in [-0.2, 0) is 7.05 Å². The lowest BCUT2D eigenvalue weighted by Gasteiger charge is -2.10. The van der Waals surface area contributed by atoms with E-state index in [1.165, 1.54) is 0 Å². The van der Waals surface area contributed by atoms with E-state index in [1.54, 1.807) is 48.5 Å². The fraction of sp³-hybridized carbons (Fsp3) is 0.200. The molecule has 4 nitrogen and oxygen atoms in total. The number of aliphatic hydroxyl groups is 1. The van der Waals surface area contributed by atoms with E-state index in [4.69, 9.17) is 0 Å². The number of hydrogen-bond donors (Lipinski definition) is 1. The van der Waals surface area contributed by atoms with E-state index in [0.29, 0.717) is 0 Å². The Bertz CT molecular complexity index is 410. The Morgan fingerprint density at radius 3 is 2.50 bits per heavy atom. The average molecular weight is 189 g/mol. The Labute approximate surface area is 81.8 Å². The van der Waals surface area contributed by atoms with Crippen LogP contribution in [0.2, 0.25) is 0 Å². The molecule has 0 aromatic carbocycles. The molecule has 0 aliphatic heterocycles. The number of aliphatic hydroxyl groups excluding tert-OH is 1. The maximum Gasteiger partial charge on any atom is 0.121 e. The number of hydrogen-bond acceptors (Lipinski definition) is 3. The number of aromatic nitrogens is 3. The van der Waals surface area contributed by atoms with Gasteiger partial charge in [-0.25, -0.2) is 0 Å². The molecule has 0 aliphatic carbocycles. The van der Waals surface area contributed by atoms with Crippen LogP contribution in [0.15, 0.2) is 36.8 Å². The highest BCUT2D eigenvalue weighted by atomic mass is 16.3. The Balaban J connectivity index is 2.34. The molecule has 2 aromatic heterocycles. The third-order valence-electron chi connectivity index (χ3n) is 2.16. The van der Waals surface area contributed by atoms with Crippen LogP contribution in [0.25, 0.3) is 0 Å². The molecule has 0 saturated heterocycles. The summed E-state index contributed by atoms with van der Waals surface area (Å²) in [7, 11) is 1.81. The molecular formula is C10H11N3O. The fourth-order valence-electron chi connectivity index (χ4n) is 1.37. The van der Waals surface area contributed by atoms with Gasteiger partial charge in [-0.1, -0.05) is 0 Å². The lowest BCUT2D eigenvalue weighted by atomic mass is 10.1. The van der Waals surface area contributed by atoms with Gasteiger partial charge in [0, 0.05) is 25.6 Å². The molecule has 1 unspecified atom stereocenters. The first-order chi connectivity index (χ1) is 6.79. The molecule has 2 rings (SSSR count). The van der Waals surface area contributed by atoms with Crippen molar-refractivity contribution in [2.45, 2.75) is 6.10 Å². The van der Waals surface area contributed by atoms with Gasteiger partial charge >= 0.3 is 0 Å². The summed E-state index contributed by atoms with van der Waals surface area (Å²) in [5.41, 5.74) is 1.60. The highest BCUT2D eigenvalue weighted by molar-refractivity contribution is 5.22. The maximum atomic E-state index is 9.97. The maximum absolute atomic E-state index is 9.97. The van der Waals surface area contributed by atoms with E-state index in [9.17, 15) is 5.11 Å². The van der Waals surface area contributed by atoms with Crippen molar-refractivity contribution >= 4 is 0 Å². The van der Waals surface area contributed by atoms with Gasteiger partial charge in [0.05, 0.1) is 5.69 Å². The van der Waals surface area contributed by atoms with Gasteiger partial charge in [0.1, 0.15) is 6.10 Å². The third-order valence-corrected chi connectivity index (χ3v) is 2.16. The van der Waals surface area contributed by atoms with Crippen LogP contribution in [0.3, 0.4) is 0 Å². The Hall–Kier alpha value is -1.68. The van der Waals surface area contributed by atoms with Gasteiger partial charge in [-0.2, -0.15) is 5.10 Å². The molecule has 2 aromatic rings. The minimum absolute atomic E-state index is 0.634. The van der Waals surface area contributed by atoms with Gasteiger partial charge in [-0.15, -0.1) is 0 Å². The Morgan fingerprint density at radius 1 is 1.21 bits per heavy atom. The van der Waals surface area contributed by atoms with E-state index in [2.05, 4.69) is 10.1 Å². The van der Waals surface area contributed by atoms with Crippen molar-refractivity contribution in [3.05, 3.63) is 48.0 Å². The molecule has 0 fully saturated rings. The van der Waals surface area contributed by atoms with E-state index in [-0.39, 0.29) is 0 Å². The van der Waals surface area contributed by atoms with Crippen molar-refractivity contribution in [3.8, 4) is 0 Å². The highest BCUT2D eigenvalue weighted by Gasteiger charge is 2.12. The van der Waals surface area contributed by atoms with Gasteiger partial charge in [0.2, 0.25) is 0 Å². The predicted octanol–water partition coefficient (Wildman–Crippen LogP) is 0.897. The second kappa shape index (κ2) is 3.59. The van der Waals surface area contributed by atoms with Crippen LogP contribution in [0.4, 0.5) is 0 Å². The van der Waals surface area contributed by atoms with Crippen LogP contribution in [0.5, 0.6) is 0 Å². The number of pyridine rings is 1. The molecule has 72 valence electrons. The molecule has 0 saturated carbocycles. The lowest BCUT2D eigenvalue weighted by molar-refractivity contribution is 0.209. The zero-order valence-corrected chi connectivity index (χ0v) is 7.83. The van der Waals surface area contributed by atoms with Crippen molar-refractivity contribution in [2.75, 3.05) is 0 Å². The van der Waals surface area contributed by atoms with Gasteiger partial charge < -0.3 is 5.11 Å². The highest BCUT2D eigenvalue weighted by Crippen LogP contribution is 2.19. The van der Waals surface area contributed by atoms with Gasteiger partial charge in [-0.05, 0) is 23.8 Å². The zero-order chi connectivity index (χ0) is 9.97. The fourth-order valence-corrected chi connectivity index (χ4v) is 1.37. The Morgan fingerprint density at radius 2 is 1.93 bits per heavy atom. The third kappa shape index (κ3) is 1.52.